The Hall–Kier alpha value is -2.23. The molecule has 3 aromatic carbocycles. The summed E-state index contributed by atoms with van der Waals surface area (Å²) < 4.78 is 25.2. The number of hydrogen-bond acceptors (Lipinski definition) is 2. The first-order valence-corrected chi connectivity index (χ1v) is 7.97. The van der Waals surface area contributed by atoms with Gasteiger partial charge in [0.15, 0.2) is 17.3 Å². The van der Waals surface area contributed by atoms with E-state index in [9.17, 15) is 4.39 Å². The lowest BCUT2D eigenvalue weighted by Crippen LogP contribution is -1.98. The molecule has 0 fully saturated rings. The van der Waals surface area contributed by atoms with Crippen molar-refractivity contribution in [1.29, 1.82) is 0 Å². The molecular weight excluding hydrogens is 350 g/mol. The average Bonchev–Trinajstić information content (AvgIpc) is 2.58. The van der Waals surface area contributed by atoms with Crippen LogP contribution in [0.2, 0.25) is 10.0 Å². The molecular formula is C19H13Cl2FO2. The van der Waals surface area contributed by atoms with Gasteiger partial charge in [0, 0.05) is 0 Å². The van der Waals surface area contributed by atoms with Crippen molar-refractivity contribution in [2.24, 2.45) is 0 Å². The van der Waals surface area contributed by atoms with Crippen molar-refractivity contribution < 1.29 is 13.9 Å². The van der Waals surface area contributed by atoms with Gasteiger partial charge in [0.05, 0.1) is 10.0 Å². The van der Waals surface area contributed by atoms with Crippen molar-refractivity contribution >= 4 is 23.2 Å². The first-order valence-electron chi connectivity index (χ1n) is 7.21. The van der Waals surface area contributed by atoms with Crippen LogP contribution in [0.5, 0.6) is 17.2 Å². The maximum absolute atomic E-state index is 13.9. The van der Waals surface area contributed by atoms with Gasteiger partial charge in [-0.3, -0.25) is 0 Å². The van der Waals surface area contributed by atoms with Gasteiger partial charge in [-0.1, -0.05) is 53.5 Å². The zero-order valence-electron chi connectivity index (χ0n) is 12.5. The molecule has 2 nitrogen and oxygen atoms in total. The Balaban J connectivity index is 1.76. The zero-order valence-corrected chi connectivity index (χ0v) is 14.0. The molecule has 0 spiro atoms. The molecule has 0 saturated carbocycles. The minimum Gasteiger partial charge on any atom is -0.486 e. The van der Waals surface area contributed by atoms with E-state index in [0.717, 1.165) is 5.56 Å². The summed E-state index contributed by atoms with van der Waals surface area (Å²) in [6.07, 6.45) is 0. The van der Waals surface area contributed by atoms with E-state index in [2.05, 4.69) is 0 Å². The normalized spacial score (nSPS) is 10.5. The van der Waals surface area contributed by atoms with E-state index in [1.165, 1.54) is 6.07 Å². The summed E-state index contributed by atoms with van der Waals surface area (Å²) in [4.78, 5) is 0. The van der Waals surface area contributed by atoms with Gasteiger partial charge in [0.1, 0.15) is 12.4 Å². The number of rotatable bonds is 5. The van der Waals surface area contributed by atoms with Crippen LogP contribution in [0.3, 0.4) is 0 Å². The second-order valence-corrected chi connectivity index (χ2v) is 5.83. The van der Waals surface area contributed by atoms with Crippen LogP contribution in [-0.2, 0) is 6.61 Å². The highest BCUT2D eigenvalue weighted by atomic mass is 35.5. The van der Waals surface area contributed by atoms with E-state index < -0.39 is 5.82 Å². The first-order chi connectivity index (χ1) is 11.6. The lowest BCUT2D eigenvalue weighted by molar-refractivity contribution is 0.305. The largest absolute Gasteiger partial charge is 0.486 e. The summed E-state index contributed by atoms with van der Waals surface area (Å²) in [5.41, 5.74) is 0.735. The van der Waals surface area contributed by atoms with Gasteiger partial charge in [-0.05, 0) is 42.0 Å². The van der Waals surface area contributed by atoms with E-state index in [1.807, 2.05) is 18.2 Å². The molecule has 0 aliphatic carbocycles. The molecule has 0 unspecified atom stereocenters. The summed E-state index contributed by atoms with van der Waals surface area (Å²) in [5.74, 6) is 0.644. The summed E-state index contributed by atoms with van der Waals surface area (Å²) in [6, 6.07) is 18.7. The van der Waals surface area contributed by atoms with Crippen LogP contribution in [0.4, 0.5) is 4.39 Å². The molecule has 0 amide bonds. The Labute approximate surface area is 149 Å². The molecule has 3 aromatic rings. The van der Waals surface area contributed by atoms with Gasteiger partial charge in [-0.2, -0.15) is 0 Å². The second-order valence-electron chi connectivity index (χ2n) is 5.02. The Morgan fingerprint density at radius 3 is 2.25 bits per heavy atom. The zero-order chi connectivity index (χ0) is 16.9. The van der Waals surface area contributed by atoms with Crippen LogP contribution >= 0.6 is 23.2 Å². The standard InChI is InChI=1S/C19H13Cl2FO2/c20-15-7-4-8-16(21)19(15)23-12-13-9-10-17(22)18(11-13)24-14-5-2-1-3-6-14/h1-11H,12H2. The SMILES string of the molecule is Fc1ccc(COc2c(Cl)cccc2Cl)cc1Oc1ccccc1. The Kier molecular flexibility index (Phi) is 5.24. The lowest BCUT2D eigenvalue weighted by Gasteiger charge is -2.12. The van der Waals surface area contributed by atoms with Gasteiger partial charge < -0.3 is 9.47 Å². The lowest BCUT2D eigenvalue weighted by atomic mass is 10.2. The van der Waals surface area contributed by atoms with Crippen LogP contribution in [0.25, 0.3) is 0 Å². The highest BCUT2D eigenvalue weighted by Crippen LogP contribution is 2.33. The Morgan fingerprint density at radius 2 is 1.54 bits per heavy atom. The minimum absolute atomic E-state index is 0.132. The molecule has 0 aliphatic rings. The minimum atomic E-state index is -0.446. The van der Waals surface area contributed by atoms with Crippen LogP contribution in [0.1, 0.15) is 5.56 Å². The number of ether oxygens (including phenoxy) is 2. The molecule has 0 atom stereocenters. The van der Waals surface area contributed by atoms with Crippen molar-refractivity contribution in [3.8, 4) is 17.2 Å². The van der Waals surface area contributed by atoms with Crippen LogP contribution in [-0.4, -0.2) is 0 Å². The smallest absolute Gasteiger partial charge is 0.165 e. The van der Waals surface area contributed by atoms with Crippen LogP contribution in [0.15, 0.2) is 66.7 Å². The quantitative estimate of drug-likeness (QED) is 0.515. The number of benzene rings is 3. The molecule has 24 heavy (non-hydrogen) atoms. The number of para-hydroxylation sites is 2. The maximum Gasteiger partial charge on any atom is 0.165 e. The van der Waals surface area contributed by atoms with Gasteiger partial charge in [-0.25, -0.2) is 4.39 Å². The van der Waals surface area contributed by atoms with Gasteiger partial charge >= 0.3 is 0 Å². The van der Waals surface area contributed by atoms with Crippen molar-refractivity contribution in [3.05, 3.63) is 88.2 Å². The van der Waals surface area contributed by atoms with Gasteiger partial charge in [0.25, 0.3) is 0 Å². The predicted molar refractivity (Wildman–Crippen MR) is 93.7 cm³/mol. The molecule has 3 rings (SSSR count). The van der Waals surface area contributed by atoms with Crippen molar-refractivity contribution in [3.63, 3.8) is 0 Å². The molecule has 0 saturated heterocycles. The predicted octanol–water partition coefficient (Wildman–Crippen LogP) is 6.50. The van der Waals surface area contributed by atoms with Crippen molar-refractivity contribution in [2.45, 2.75) is 6.61 Å². The van der Waals surface area contributed by atoms with Gasteiger partial charge in [0.2, 0.25) is 0 Å². The molecule has 0 heterocycles. The third kappa shape index (κ3) is 3.99. The Bertz CT molecular complexity index is 818. The monoisotopic (exact) mass is 362 g/mol. The fourth-order valence-corrected chi connectivity index (χ4v) is 2.61. The third-order valence-corrected chi connectivity index (χ3v) is 3.86. The molecule has 0 bridgehead atoms. The third-order valence-electron chi connectivity index (χ3n) is 3.27. The van der Waals surface area contributed by atoms with E-state index in [1.54, 1.807) is 42.5 Å². The van der Waals surface area contributed by atoms with Crippen LogP contribution < -0.4 is 9.47 Å². The summed E-state index contributed by atoms with van der Waals surface area (Å²) in [5, 5.41) is 0.843. The maximum atomic E-state index is 13.9. The van der Waals surface area contributed by atoms with Crippen molar-refractivity contribution in [1.82, 2.24) is 0 Å². The van der Waals surface area contributed by atoms with E-state index in [4.69, 9.17) is 32.7 Å². The molecule has 122 valence electrons. The number of halogens is 3. The second kappa shape index (κ2) is 7.56. The summed E-state index contributed by atoms with van der Waals surface area (Å²) >= 11 is 12.1. The fraction of sp³-hybridized carbons (Fsp3) is 0.0526. The molecule has 0 radical (unpaired) electrons. The van der Waals surface area contributed by atoms with E-state index in [0.29, 0.717) is 21.5 Å². The van der Waals surface area contributed by atoms with E-state index in [-0.39, 0.29) is 12.4 Å². The fourth-order valence-electron chi connectivity index (χ4n) is 2.11. The van der Waals surface area contributed by atoms with Crippen molar-refractivity contribution in [2.75, 3.05) is 0 Å². The van der Waals surface area contributed by atoms with Gasteiger partial charge in [-0.15, -0.1) is 0 Å². The molecule has 0 aromatic heterocycles. The van der Waals surface area contributed by atoms with Crippen LogP contribution in [0, 0.1) is 5.82 Å². The first kappa shape index (κ1) is 16.6. The highest BCUT2D eigenvalue weighted by molar-refractivity contribution is 6.37. The molecule has 0 aliphatic heterocycles. The number of hydrogen-bond donors (Lipinski definition) is 0. The molecule has 5 heteroatoms. The Morgan fingerprint density at radius 1 is 0.833 bits per heavy atom. The summed E-state index contributed by atoms with van der Waals surface area (Å²) in [6.45, 7) is 0.189. The topological polar surface area (TPSA) is 18.5 Å². The molecule has 0 N–H and O–H groups in total. The average molecular weight is 363 g/mol. The highest BCUT2D eigenvalue weighted by Gasteiger charge is 2.10. The summed E-state index contributed by atoms with van der Waals surface area (Å²) in [7, 11) is 0. The van der Waals surface area contributed by atoms with E-state index >= 15 is 0 Å².